The highest BCUT2D eigenvalue weighted by molar-refractivity contribution is 6.33. The second-order valence-corrected chi connectivity index (χ2v) is 13.6. The molecule has 0 unspecified atom stereocenters. The minimum absolute atomic E-state index is 0.0335. The number of nitrogens with zero attached hydrogens (tertiary/aromatic N) is 6. The fraction of sp³-hybridized carbons (Fsp3) is 0.515. The highest BCUT2D eigenvalue weighted by Gasteiger charge is 2.47. The number of hydrogen-bond donors (Lipinski definition) is 2. The standard InChI is InChI=1S/C33H36ClF2N7O3/c34-25-9-26-23(13-38-41-26)27-22(25)4-1-2-7-45-17-19-8-21(44)16-42(14-19)31-24-12-37-30(27)28(36)29(24)39-32(40-31)46-18-33-5-3-6-43(33)15-20(10-33)11-35/h9,11-13,19,21,44H,1-8,10,14-18H2,(H,38,41)/b20-11-/t19-,21+,33+/m1/s1. The van der Waals surface area contributed by atoms with Crippen LogP contribution < -0.4 is 9.64 Å². The van der Waals surface area contributed by atoms with Gasteiger partial charge < -0.3 is 19.5 Å². The molecule has 5 aliphatic heterocycles. The fourth-order valence-corrected chi connectivity index (χ4v) is 8.29. The number of benzene rings is 1. The molecule has 46 heavy (non-hydrogen) atoms. The second kappa shape index (κ2) is 12.0. The molecule has 5 aliphatic rings. The van der Waals surface area contributed by atoms with Gasteiger partial charge in [0.2, 0.25) is 0 Å². The number of anilines is 1. The van der Waals surface area contributed by atoms with E-state index in [4.69, 9.17) is 26.1 Å². The van der Waals surface area contributed by atoms with E-state index in [0.29, 0.717) is 91.1 Å². The molecule has 9 rings (SSSR count). The predicted molar refractivity (Wildman–Crippen MR) is 170 cm³/mol. The van der Waals surface area contributed by atoms with E-state index < -0.39 is 11.9 Å². The van der Waals surface area contributed by atoms with Crippen LogP contribution in [0.4, 0.5) is 14.6 Å². The van der Waals surface area contributed by atoms with Crippen molar-refractivity contribution < 1.29 is 23.4 Å². The van der Waals surface area contributed by atoms with Gasteiger partial charge in [-0.15, -0.1) is 0 Å². The van der Waals surface area contributed by atoms with Crippen molar-refractivity contribution in [3.8, 4) is 17.3 Å². The number of H-pyrrole nitrogens is 1. The summed E-state index contributed by atoms with van der Waals surface area (Å²) in [5.74, 6) is -0.0983. The van der Waals surface area contributed by atoms with Gasteiger partial charge >= 0.3 is 6.01 Å². The Hall–Kier alpha value is -3.45. The Morgan fingerprint density at radius 2 is 2.11 bits per heavy atom. The molecule has 1 aromatic carbocycles. The molecule has 0 radical (unpaired) electrons. The van der Waals surface area contributed by atoms with Gasteiger partial charge in [-0.2, -0.15) is 15.1 Å². The quantitative estimate of drug-likeness (QED) is 0.302. The number of nitrogens with one attached hydrogen (secondary N) is 1. The Morgan fingerprint density at radius 3 is 3.00 bits per heavy atom. The molecule has 8 heterocycles. The highest BCUT2D eigenvalue weighted by Crippen LogP contribution is 2.43. The first kappa shape index (κ1) is 29.9. The number of fused-ring (bicyclic) bond motifs is 8. The number of aliphatic hydroxyl groups is 1. The maximum Gasteiger partial charge on any atom is 0.319 e. The minimum Gasteiger partial charge on any atom is -0.461 e. The van der Waals surface area contributed by atoms with E-state index in [1.165, 1.54) is 0 Å². The Labute approximate surface area is 269 Å². The lowest BCUT2D eigenvalue weighted by molar-refractivity contribution is 0.0564. The van der Waals surface area contributed by atoms with E-state index in [1.807, 2.05) is 11.0 Å². The van der Waals surface area contributed by atoms with Gasteiger partial charge in [0.1, 0.15) is 23.6 Å². The summed E-state index contributed by atoms with van der Waals surface area (Å²) in [5, 5.41) is 19.7. The van der Waals surface area contributed by atoms with Crippen LogP contribution in [0, 0.1) is 11.7 Å². The van der Waals surface area contributed by atoms with Crippen LogP contribution in [0.2, 0.25) is 5.02 Å². The van der Waals surface area contributed by atoms with Gasteiger partial charge in [-0.25, -0.2) is 8.78 Å². The zero-order valence-corrected chi connectivity index (χ0v) is 26.2. The number of pyridine rings is 1. The van der Waals surface area contributed by atoms with Crippen molar-refractivity contribution in [1.29, 1.82) is 0 Å². The van der Waals surface area contributed by atoms with Crippen LogP contribution in [0.15, 0.2) is 30.4 Å². The molecule has 3 aromatic heterocycles. The van der Waals surface area contributed by atoms with E-state index in [0.717, 1.165) is 43.4 Å². The molecule has 3 saturated heterocycles. The van der Waals surface area contributed by atoms with Gasteiger partial charge in [0, 0.05) is 54.3 Å². The van der Waals surface area contributed by atoms with E-state index in [2.05, 4.69) is 25.1 Å². The number of piperidine rings is 1. The van der Waals surface area contributed by atoms with Crippen LogP contribution in [0.25, 0.3) is 33.1 Å². The Morgan fingerprint density at radius 1 is 1.20 bits per heavy atom. The number of aromatic amines is 1. The molecule has 2 N–H and O–H groups in total. The van der Waals surface area contributed by atoms with Crippen LogP contribution in [-0.4, -0.2) is 92.8 Å². The lowest BCUT2D eigenvalue weighted by atomic mass is 9.94. The average Bonchev–Trinajstić information content (AvgIpc) is 3.76. The summed E-state index contributed by atoms with van der Waals surface area (Å²) in [7, 11) is 0. The summed E-state index contributed by atoms with van der Waals surface area (Å²) in [5.41, 5.74) is 2.65. The van der Waals surface area contributed by atoms with Crippen molar-refractivity contribution in [2.45, 2.75) is 56.6 Å². The van der Waals surface area contributed by atoms with Gasteiger partial charge in [0.05, 0.1) is 41.7 Å². The van der Waals surface area contributed by atoms with Crippen molar-refractivity contribution in [3.63, 3.8) is 0 Å². The lowest BCUT2D eigenvalue weighted by Gasteiger charge is -2.37. The molecule has 3 fully saturated rings. The van der Waals surface area contributed by atoms with Crippen LogP contribution >= 0.6 is 11.6 Å². The van der Waals surface area contributed by atoms with Crippen LogP contribution in [0.3, 0.4) is 0 Å². The third-order valence-corrected chi connectivity index (χ3v) is 10.5. The third-order valence-electron chi connectivity index (χ3n) is 10.1. The van der Waals surface area contributed by atoms with Crippen molar-refractivity contribution in [2.24, 2.45) is 5.92 Å². The van der Waals surface area contributed by atoms with Gasteiger partial charge in [0.25, 0.3) is 0 Å². The maximum atomic E-state index is 17.0. The van der Waals surface area contributed by atoms with Gasteiger partial charge in [-0.1, -0.05) is 11.6 Å². The molecule has 242 valence electrons. The number of ether oxygens (including phenoxy) is 2. The summed E-state index contributed by atoms with van der Waals surface area (Å²) >= 11 is 6.82. The van der Waals surface area contributed by atoms with E-state index in [9.17, 15) is 9.50 Å². The average molecular weight is 652 g/mol. The lowest BCUT2D eigenvalue weighted by Crippen LogP contribution is -2.45. The van der Waals surface area contributed by atoms with Crippen molar-refractivity contribution >= 4 is 39.2 Å². The summed E-state index contributed by atoms with van der Waals surface area (Å²) < 4.78 is 43.0. The second-order valence-electron chi connectivity index (χ2n) is 13.2. The van der Waals surface area contributed by atoms with E-state index >= 15 is 4.39 Å². The Balaban J connectivity index is 1.29. The number of hydrogen-bond acceptors (Lipinski definition) is 9. The van der Waals surface area contributed by atoms with Crippen molar-refractivity contribution in [3.05, 3.63) is 46.8 Å². The van der Waals surface area contributed by atoms with Gasteiger partial charge in [-0.05, 0) is 68.7 Å². The number of aliphatic hydroxyl groups excluding tert-OH is 1. The predicted octanol–water partition coefficient (Wildman–Crippen LogP) is 5.37. The first-order valence-corrected chi connectivity index (χ1v) is 16.5. The SMILES string of the molecule is O[C@H]1C[C@H]2COCCCCc3c(Cl)cc4[nH]ncc4c3-c3ncc4c(nc(OC[C@@]56CCCN5C/C(=C\F)C6)nc4c3F)N(C1)C2. The topological polar surface area (TPSA) is 113 Å². The van der Waals surface area contributed by atoms with Crippen molar-refractivity contribution in [2.75, 3.05) is 50.9 Å². The first-order valence-electron chi connectivity index (χ1n) is 16.1. The number of rotatable bonds is 3. The van der Waals surface area contributed by atoms with E-state index in [1.54, 1.807) is 12.4 Å². The van der Waals surface area contributed by atoms with Crippen LogP contribution in [-0.2, 0) is 11.2 Å². The monoisotopic (exact) mass is 651 g/mol. The summed E-state index contributed by atoms with van der Waals surface area (Å²) in [4.78, 5) is 18.4. The fourth-order valence-electron chi connectivity index (χ4n) is 7.99. The largest absolute Gasteiger partial charge is 0.461 e. The summed E-state index contributed by atoms with van der Waals surface area (Å²) in [6.45, 7) is 3.65. The molecule has 0 aliphatic carbocycles. The van der Waals surface area contributed by atoms with Crippen LogP contribution in [0.5, 0.6) is 6.01 Å². The molecule has 10 nitrogen and oxygen atoms in total. The molecule has 6 bridgehead atoms. The Kier molecular flexibility index (Phi) is 7.79. The zero-order chi connectivity index (χ0) is 31.4. The van der Waals surface area contributed by atoms with E-state index in [-0.39, 0.29) is 35.3 Å². The first-order chi connectivity index (χ1) is 22.4. The molecular weight excluding hydrogens is 616 g/mol. The molecule has 3 atom stereocenters. The summed E-state index contributed by atoms with van der Waals surface area (Å²) in [6, 6.07) is 1.85. The van der Waals surface area contributed by atoms with Gasteiger partial charge in [-0.3, -0.25) is 15.0 Å². The molecule has 13 heteroatoms. The molecule has 4 aromatic rings. The maximum absolute atomic E-state index is 17.0. The minimum atomic E-state index is -0.606. The number of aromatic nitrogens is 5. The van der Waals surface area contributed by atoms with Gasteiger partial charge in [0.15, 0.2) is 5.82 Å². The normalized spacial score (nSPS) is 26.4. The molecule has 0 saturated carbocycles. The third kappa shape index (κ3) is 5.19. The smallest absolute Gasteiger partial charge is 0.319 e. The summed E-state index contributed by atoms with van der Waals surface area (Å²) in [6.07, 6.45) is 8.60. The molecule has 0 spiro atoms. The zero-order valence-electron chi connectivity index (χ0n) is 25.4. The molecule has 0 amide bonds. The number of halogens is 3. The Bertz CT molecular complexity index is 1840. The molecular formula is C33H36ClF2N7O3. The van der Waals surface area contributed by atoms with Crippen molar-refractivity contribution in [1.82, 2.24) is 30.0 Å². The highest BCUT2D eigenvalue weighted by atomic mass is 35.5. The van der Waals surface area contributed by atoms with Crippen LogP contribution in [0.1, 0.15) is 44.1 Å².